The van der Waals surface area contributed by atoms with Gasteiger partial charge in [-0.3, -0.25) is 0 Å². The Morgan fingerprint density at radius 3 is 2.91 bits per heavy atom. The highest BCUT2D eigenvalue weighted by atomic mass is 79.9. The summed E-state index contributed by atoms with van der Waals surface area (Å²) in [6.07, 6.45) is 2.40. The summed E-state index contributed by atoms with van der Waals surface area (Å²) in [4.78, 5) is -0.837. The molecule has 2 rings (SSSR count). The van der Waals surface area contributed by atoms with Gasteiger partial charge in [0.05, 0.1) is 0 Å². The average molecular weight is 243 g/mol. The van der Waals surface area contributed by atoms with E-state index in [2.05, 4.69) is 15.9 Å². The molecule has 0 saturated heterocycles. The van der Waals surface area contributed by atoms with Gasteiger partial charge < -0.3 is 0 Å². The molecule has 3 heteroatoms. The molecule has 4 atom stereocenters. The van der Waals surface area contributed by atoms with E-state index in [4.69, 9.17) is 13.0 Å². The molecule has 0 radical (unpaired) electrons. The lowest BCUT2D eigenvalue weighted by atomic mass is 9.90. The van der Waals surface area contributed by atoms with Gasteiger partial charge in [0.15, 0.2) is 5.13 Å². The molecule has 0 aromatic heterocycles. The van der Waals surface area contributed by atoms with Crippen molar-refractivity contribution in [2.75, 3.05) is 0 Å². The van der Waals surface area contributed by atoms with Crippen LogP contribution < -0.4 is 0 Å². The van der Waals surface area contributed by atoms with Gasteiger partial charge >= 0.3 is 0 Å². The molecular weight excluding hydrogens is 230 g/mol. The molecule has 0 bridgehead atoms. The molecule has 0 aliphatic heterocycles. The van der Waals surface area contributed by atoms with Gasteiger partial charge in [-0.1, -0.05) is 40.9 Å². The zero-order valence-corrected chi connectivity index (χ0v) is 8.67. The Morgan fingerprint density at radius 1 is 1.82 bits per heavy atom. The van der Waals surface area contributed by atoms with Crippen LogP contribution in [-0.2, 0) is 0 Å². The van der Waals surface area contributed by atoms with E-state index in [-0.39, 0.29) is 5.92 Å². The normalized spacial score (nSPS) is 70.2. The summed E-state index contributed by atoms with van der Waals surface area (Å²) in [5.74, 6) is -0.340. The second-order valence-corrected chi connectivity index (χ2v) is 5.34. The first-order chi connectivity index (χ1) is 5.32. The predicted octanol–water partition coefficient (Wildman–Crippen LogP) is 3.47. The number of hydrogen-bond donors (Lipinski definition) is 0. The molecule has 2 aliphatic carbocycles. The molecule has 2 saturated carbocycles. The minimum atomic E-state index is -1.64. The quantitative estimate of drug-likeness (QED) is 0.571. The Balaban J connectivity index is 2.31. The first-order valence-corrected chi connectivity index (χ1v) is 5.06. The molecule has 0 spiro atoms. The maximum absolute atomic E-state index is 13.7. The smallest absolute Gasteiger partial charge is 0.193 e. The van der Waals surface area contributed by atoms with Crippen molar-refractivity contribution in [3.63, 3.8) is 0 Å². The van der Waals surface area contributed by atoms with Gasteiger partial charge in [0, 0.05) is 17.5 Å². The van der Waals surface area contributed by atoms with Crippen LogP contribution in [0.5, 0.6) is 0 Å². The number of alkyl halides is 3. The van der Waals surface area contributed by atoms with Crippen LogP contribution in [0.2, 0.25) is 0 Å². The first kappa shape index (κ1) is 7.14. The Hall–Kier alpha value is 0.700. The monoisotopic (exact) mass is 241 g/mol. The van der Waals surface area contributed by atoms with Crippen LogP contribution in [0.1, 0.15) is 27.6 Å². The molecule has 11 heavy (non-hydrogen) atoms. The number of rotatable bonds is 0. The van der Waals surface area contributed by atoms with E-state index >= 15 is 0 Å². The Labute approximate surface area is 81.0 Å². The summed E-state index contributed by atoms with van der Waals surface area (Å²) in [6.45, 7) is 1.84. The Kier molecular flexibility index (Phi) is 1.39. The topological polar surface area (TPSA) is 0 Å². The molecule has 64 valence electrons. The second-order valence-electron chi connectivity index (χ2n) is 3.77. The fraction of sp³-hybridized carbons (Fsp3) is 1.00. The minimum absolute atomic E-state index is 0.340. The van der Waals surface area contributed by atoms with Crippen LogP contribution in [0, 0.1) is 11.3 Å². The van der Waals surface area contributed by atoms with E-state index in [1.54, 1.807) is 0 Å². The number of halogens is 3. The van der Waals surface area contributed by atoms with Gasteiger partial charge in [-0.05, 0) is 12.8 Å². The Morgan fingerprint density at radius 2 is 2.45 bits per heavy atom. The highest BCUT2D eigenvalue weighted by Crippen LogP contribution is 2.74. The van der Waals surface area contributed by atoms with Crippen molar-refractivity contribution in [3.8, 4) is 0 Å². The van der Waals surface area contributed by atoms with Crippen LogP contribution in [0.3, 0.4) is 0 Å². The molecule has 0 nitrogen and oxygen atoms in total. The predicted molar refractivity (Wildman–Crippen MR) is 47.9 cm³/mol. The van der Waals surface area contributed by atoms with Crippen molar-refractivity contribution in [1.29, 1.82) is 0 Å². The molecular formula is C8H11BrClF. The molecule has 0 heterocycles. The van der Waals surface area contributed by atoms with E-state index in [1.807, 2.05) is 6.92 Å². The van der Waals surface area contributed by atoms with E-state index in [0.717, 1.165) is 12.8 Å². The van der Waals surface area contributed by atoms with Crippen LogP contribution in [0.25, 0.3) is 0 Å². The third-order valence-electron chi connectivity index (χ3n) is 3.10. The molecule has 0 aromatic rings. The van der Waals surface area contributed by atoms with E-state index in [1.165, 1.54) is 0 Å². The van der Waals surface area contributed by atoms with Crippen molar-refractivity contribution in [1.82, 2.24) is 0 Å². The number of fused-ring (bicyclic) bond motifs is 1. The Bertz CT molecular complexity index is 223. The fourth-order valence-corrected chi connectivity index (χ4v) is 3.96. The number of hydrogen-bond acceptors (Lipinski definition) is 0. The third-order valence-corrected chi connectivity index (χ3v) is 4.61. The van der Waals surface area contributed by atoms with E-state index in [9.17, 15) is 4.39 Å². The fourth-order valence-electron chi connectivity index (χ4n) is 2.21. The highest BCUT2D eigenvalue weighted by Gasteiger charge is 2.77. The summed E-state index contributed by atoms with van der Waals surface area (Å²) >= 11 is 8.98. The lowest BCUT2D eigenvalue weighted by molar-refractivity contribution is 0.313. The van der Waals surface area contributed by atoms with Crippen LogP contribution >= 0.6 is 27.5 Å². The second kappa shape index (κ2) is 2.14. The van der Waals surface area contributed by atoms with Crippen LogP contribution in [-0.4, -0.2) is 9.93 Å². The zero-order valence-electron chi connectivity index (χ0n) is 7.33. The molecule has 0 amide bonds. The minimum Gasteiger partial charge on any atom is -0.225 e. The summed E-state index contributed by atoms with van der Waals surface area (Å²) in [7, 11) is 0. The summed E-state index contributed by atoms with van der Waals surface area (Å²) in [5, 5.41) is -1.64. The maximum Gasteiger partial charge on any atom is 0.193 e. The maximum atomic E-state index is 13.7. The summed E-state index contributed by atoms with van der Waals surface area (Å²) < 4.78 is 21.5. The van der Waals surface area contributed by atoms with Crippen molar-refractivity contribution in [2.45, 2.75) is 36.1 Å². The third kappa shape index (κ3) is 0.859. The van der Waals surface area contributed by atoms with Crippen LogP contribution in [0.4, 0.5) is 4.39 Å². The van der Waals surface area contributed by atoms with Crippen molar-refractivity contribution >= 4 is 27.5 Å². The summed E-state index contributed by atoms with van der Waals surface area (Å²) in [6, 6.07) is 0. The van der Waals surface area contributed by atoms with Gasteiger partial charge in [-0.15, -0.1) is 0 Å². The molecule has 1 unspecified atom stereocenters. The van der Waals surface area contributed by atoms with Crippen LogP contribution in [0.15, 0.2) is 0 Å². The first-order valence-electron chi connectivity index (χ1n) is 4.39. The van der Waals surface area contributed by atoms with Crippen molar-refractivity contribution < 1.29 is 5.76 Å². The van der Waals surface area contributed by atoms with E-state index in [0.29, 0.717) is 6.42 Å². The van der Waals surface area contributed by atoms with Gasteiger partial charge in [0.2, 0.25) is 0 Å². The largest absolute Gasteiger partial charge is 0.225 e. The van der Waals surface area contributed by atoms with Gasteiger partial charge in [-0.2, -0.15) is 0 Å². The molecule has 2 aliphatic rings. The van der Waals surface area contributed by atoms with Crippen molar-refractivity contribution in [3.05, 3.63) is 0 Å². The van der Waals surface area contributed by atoms with Gasteiger partial charge in [-0.25, -0.2) is 4.39 Å². The molecule has 0 aromatic carbocycles. The van der Waals surface area contributed by atoms with E-state index < -0.39 is 15.3 Å². The highest BCUT2D eigenvalue weighted by molar-refractivity contribution is 9.09. The molecule has 0 N–H and O–H groups in total. The zero-order chi connectivity index (χ0) is 9.20. The van der Waals surface area contributed by atoms with Gasteiger partial charge in [0.25, 0.3) is 0 Å². The standard InChI is InChI=1S/C8H11BrClF/c1-7-4-2-3-5(9)6(7)8(7,10)11/h5-6H,2-4H2,1H3/t5-,6?,7-,8+/m0/s1/i5D. The lowest BCUT2D eigenvalue weighted by Crippen LogP contribution is -2.14. The average Bonchev–Trinajstić information content (AvgIpc) is 2.26. The lowest BCUT2D eigenvalue weighted by Gasteiger charge is -2.19. The van der Waals surface area contributed by atoms with Gasteiger partial charge in [0.1, 0.15) is 0 Å². The molecule has 2 fully saturated rings. The summed E-state index contributed by atoms with van der Waals surface area (Å²) in [5.41, 5.74) is -0.460. The SMILES string of the molecule is [2H][C@]1(Br)CCC[C@@]2(C)C1[C@]2(F)Cl. The van der Waals surface area contributed by atoms with Crippen molar-refractivity contribution in [2.24, 2.45) is 11.3 Å².